The van der Waals surface area contributed by atoms with Crippen LogP contribution in [0.4, 0.5) is 19.0 Å². The van der Waals surface area contributed by atoms with Gasteiger partial charge in [-0.15, -0.1) is 0 Å². The summed E-state index contributed by atoms with van der Waals surface area (Å²) in [5, 5.41) is 3.61. The molecule has 2 rings (SSSR count). The Morgan fingerprint density at radius 3 is 2.62 bits per heavy atom. The Morgan fingerprint density at radius 1 is 1.31 bits per heavy atom. The summed E-state index contributed by atoms with van der Waals surface area (Å²) in [6.07, 6.45) is -1.33. The lowest BCUT2D eigenvalue weighted by Crippen LogP contribution is -2.03. The van der Waals surface area contributed by atoms with Gasteiger partial charge in [-0.1, -0.05) is 0 Å². The first kappa shape index (κ1) is 10.5. The molecule has 0 amide bonds. The summed E-state index contributed by atoms with van der Waals surface area (Å²) in [5.74, 6) is 0.224. The summed E-state index contributed by atoms with van der Waals surface area (Å²) in [5.41, 5.74) is 5.04. The Balaban J connectivity index is 2.39. The van der Waals surface area contributed by atoms with E-state index in [-0.39, 0.29) is 5.82 Å². The van der Waals surface area contributed by atoms with E-state index in [9.17, 15) is 13.2 Å². The summed E-state index contributed by atoms with van der Waals surface area (Å²) >= 11 is 0. The van der Waals surface area contributed by atoms with Gasteiger partial charge < -0.3 is 5.73 Å². The largest absolute Gasteiger partial charge is 0.419 e. The molecule has 0 fully saturated rings. The van der Waals surface area contributed by atoms with Crippen molar-refractivity contribution in [2.24, 2.45) is 0 Å². The van der Waals surface area contributed by atoms with Gasteiger partial charge in [0, 0.05) is 18.5 Å². The maximum absolute atomic E-state index is 12.3. The smallest absolute Gasteiger partial charge is 0.384 e. The first-order valence-corrected chi connectivity index (χ1v) is 4.30. The first-order chi connectivity index (χ1) is 7.47. The fourth-order valence-electron chi connectivity index (χ4n) is 1.19. The zero-order chi connectivity index (χ0) is 11.8. The van der Waals surface area contributed by atoms with Gasteiger partial charge in [0.25, 0.3) is 0 Å². The number of nitrogens with zero attached hydrogens (tertiary/aromatic N) is 3. The van der Waals surface area contributed by atoms with E-state index in [4.69, 9.17) is 5.73 Å². The number of pyridine rings is 1. The van der Waals surface area contributed by atoms with Crippen molar-refractivity contribution in [3.05, 3.63) is 36.3 Å². The predicted molar refractivity (Wildman–Crippen MR) is 50.8 cm³/mol. The average molecular weight is 228 g/mol. The molecule has 0 aliphatic carbocycles. The second-order valence-corrected chi connectivity index (χ2v) is 3.11. The molecule has 2 heterocycles. The maximum atomic E-state index is 12.3. The lowest BCUT2D eigenvalue weighted by Gasteiger charge is -2.02. The van der Waals surface area contributed by atoms with Crippen molar-refractivity contribution in [2.75, 3.05) is 5.73 Å². The van der Waals surface area contributed by atoms with Crippen LogP contribution in [0.3, 0.4) is 0 Å². The number of hydrogen-bond donors (Lipinski definition) is 1. The lowest BCUT2D eigenvalue weighted by molar-refractivity contribution is -0.137. The molecule has 0 spiro atoms. The highest BCUT2D eigenvalue weighted by atomic mass is 19.4. The maximum Gasteiger partial charge on any atom is 0.419 e. The van der Waals surface area contributed by atoms with Crippen LogP contribution in [0.2, 0.25) is 0 Å². The van der Waals surface area contributed by atoms with Crippen LogP contribution in [0, 0.1) is 0 Å². The number of anilines is 1. The first-order valence-electron chi connectivity index (χ1n) is 4.30. The summed E-state index contributed by atoms with van der Waals surface area (Å²) in [7, 11) is 0. The lowest BCUT2D eigenvalue weighted by atomic mass is 10.3. The Morgan fingerprint density at radius 2 is 2.06 bits per heavy atom. The number of nitrogen functional groups attached to an aromatic ring is 1. The Bertz CT molecular complexity index is 503. The van der Waals surface area contributed by atoms with Gasteiger partial charge in [-0.2, -0.15) is 18.3 Å². The van der Waals surface area contributed by atoms with Gasteiger partial charge >= 0.3 is 6.18 Å². The molecule has 0 atom stereocenters. The SMILES string of the molecule is Nc1cc(-n2cc(C(F)(F)F)cn2)ccn1. The van der Waals surface area contributed by atoms with Crippen molar-refractivity contribution >= 4 is 5.82 Å². The van der Waals surface area contributed by atoms with Crippen molar-refractivity contribution < 1.29 is 13.2 Å². The van der Waals surface area contributed by atoms with E-state index in [0.29, 0.717) is 5.69 Å². The van der Waals surface area contributed by atoms with Crippen molar-refractivity contribution in [3.8, 4) is 5.69 Å². The monoisotopic (exact) mass is 228 g/mol. The second kappa shape index (κ2) is 3.51. The number of alkyl halides is 3. The quantitative estimate of drug-likeness (QED) is 0.810. The third-order valence-electron chi connectivity index (χ3n) is 1.94. The van der Waals surface area contributed by atoms with Gasteiger partial charge in [0.15, 0.2) is 0 Å². The van der Waals surface area contributed by atoms with Crippen LogP contribution in [-0.2, 0) is 6.18 Å². The fraction of sp³-hybridized carbons (Fsp3) is 0.111. The summed E-state index contributed by atoms with van der Waals surface area (Å²) in [6, 6.07) is 2.96. The van der Waals surface area contributed by atoms with Crippen LogP contribution in [0.1, 0.15) is 5.56 Å². The van der Waals surface area contributed by atoms with Crippen molar-refractivity contribution in [1.82, 2.24) is 14.8 Å². The van der Waals surface area contributed by atoms with Gasteiger partial charge in [0.1, 0.15) is 5.82 Å². The molecule has 2 aromatic rings. The van der Waals surface area contributed by atoms with Gasteiger partial charge in [0.05, 0.1) is 17.4 Å². The standard InChI is InChI=1S/C9H7F3N4/c10-9(11,12)6-4-15-16(5-6)7-1-2-14-8(13)3-7/h1-5H,(H2,13,14). The third-order valence-corrected chi connectivity index (χ3v) is 1.94. The van der Waals surface area contributed by atoms with E-state index >= 15 is 0 Å². The van der Waals surface area contributed by atoms with Gasteiger partial charge in [-0.3, -0.25) is 0 Å². The van der Waals surface area contributed by atoms with Crippen LogP contribution in [0.5, 0.6) is 0 Å². The molecule has 84 valence electrons. The molecule has 0 aliphatic heterocycles. The van der Waals surface area contributed by atoms with Gasteiger partial charge in [0.2, 0.25) is 0 Å². The van der Waals surface area contributed by atoms with Crippen LogP contribution in [-0.4, -0.2) is 14.8 Å². The van der Waals surface area contributed by atoms with Crippen LogP contribution in [0.25, 0.3) is 5.69 Å². The highest BCUT2D eigenvalue weighted by Crippen LogP contribution is 2.29. The fourth-order valence-corrected chi connectivity index (χ4v) is 1.19. The molecule has 0 saturated carbocycles. The summed E-state index contributed by atoms with van der Waals surface area (Å²) in [6.45, 7) is 0. The molecule has 2 aromatic heterocycles. The van der Waals surface area contributed by atoms with Crippen molar-refractivity contribution in [2.45, 2.75) is 6.18 Å². The van der Waals surface area contributed by atoms with E-state index in [2.05, 4.69) is 10.1 Å². The van der Waals surface area contributed by atoms with E-state index in [1.165, 1.54) is 18.3 Å². The van der Waals surface area contributed by atoms with Crippen LogP contribution >= 0.6 is 0 Å². The number of nitrogens with two attached hydrogens (primary N) is 1. The van der Waals surface area contributed by atoms with Crippen molar-refractivity contribution in [1.29, 1.82) is 0 Å². The van der Waals surface area contributed by atoms with Crippen molar-refractivity contribution in [3.63, 3.8) is 0 Å². The molecule has 0 saturated heterocycles. The number of aromatic nitrogens is 3. The zero-order valence-corrected chi connectivity index (χ0v) is 7.94. The van der Waals surface area contributed by atoms with E-state index < -0.39 is 11.7 Å². The molecule has 0 radical (unpaired) electrons. The molecule has 7 heteroatoms. The molecule has 0 aromatic carbocycles. The molecule has 0 unspecified atom stereocenters. The Labute approximate surface area is 88.5 Å². The van der Waals surface area contributed by atoms with Gasteiger partial charge in [-0.05, 0) is 6.07 Å². The Hall–Kier alpha value is -2.05. The minimum atomic E-state index is -4.39. The second-order valence-electron chi connectivity index (χ2n) is 3.11. The molecular weight excluding hydrogens is 221 g/mol. The third kappa shape index (κ3) is 1.97. The molecule has 16 heavy (non-hydrogen) atoms. The molecule has 4 nitrogen and oxygen atoms in total. The number of rotatable bonds is 1. The highest BCUT2D eigenvalue weighted by Gasteiger charge is 2.32. The van der Waals surface area contributed by atoms with Crippen LogP contribution in [0.15, 0.2) is 30.7 Å². The summed E-state index contributed by atoms with van der Waals surface area (Å²) in [4.78, 5) is 3.74. The van der Waals surface area contributed by atoms with E-state index in [1.54, 1.807) is 0 Å². The highest BCUT2D eigenvalue weighted by molar-refractivity contribution is 5.41. The molecule has 2 N–H and O–H groups in total. The zero-order valence-electron chi connectivity index (χ0n) is 7.94. The molecule has 0 aliphatic rings. The topological polar surface area (TPSA) is 56.7 Å². The van der Waals surface area contributed by atoms with E-state index in [1.807, 2.05) is 0 Å². The molecular formula is C9H7F3N4. The Kier molecular flexibility index (Phi) is 2.30. The van der Waals surface area contributed by atoms with Crippen LogP contribution < -0.4 is 5.73 Å². The number of halogens is 3. The summed E-state index contributed by atoms with van der Waals surface area (Å²) < 4.78 is 38.0. The predicted octanol–water partition coefficient (Wildman–Crippen LogP) is 1.87. The molecule has 0 bridgehead atoms. The average Bonchev–Trinajstić information content (AvgIpc) is 2.65. The van der Waals surface area contributed by atoms with E-state index in [0.717, 1.165) is 17.1 Å². The van der Waals surface area contributed by atoms with Gasteiger partial charge in [-0.25, -0.2) is 9.67 Å². The minimum Gasteiger partial charge on any atom is -0.384 e. The normalized spacial score (nSPS) is 11.7. The minimum absolute atomic E-state index is 0.224. The number of hydrogen-bond acceptors (Lipinski definition) is 3.